The predicted molar refractivity (Wildman–Crippen MR) is 140 cm³/mol. The van der Waals surface area contributed by atoms with Crippen LogP contribution in [-0.4, -0.2) is 11.6 Å². The van der Waals surface area contributed by atoms with Gasteiger partial charge >= 0.3 is 0 Å². The summed E-state index contributed by atoms with van der Waals surface area (Å²) in [6.45, 7) is 0. The number of allylic oxidation sites excluding steroid dienone is 18. The Morgan fingerprint density at radius 3 is 1.89 bits per heavy atom. The number of rotatable bonds is 8. The van der Waals surface area contributed by atoms with Crippen LogP contribution in [0.1, 0.15) is 5.56 Å². The Bertz CT molecular complexity index is 1280. The first kappa shape index (κ1) is 21.7. The first-order chi connectivity index (χ1) is 17.2. The quantitative estimate of drug-likeness (QED) is 0.463. The second-order valence-corrected chi connectivity index (χ2v) is 9.87. The molecule has 0 saturated carbocycles. The van der Waals surface area contributed by atoms with Crippen LogP contribution in [0.25, 0.3) is 0 Å². The Balaban J connectivity index is 1.54. The average molecular weight is 457 g/mol. The number of Topliss-reactive ketones (excluding diaryl/α,β-unsaturated/α-hetero) is 2. The molecule has 0 fully saturated rings. The lowest BCUT2D eigenvalue weighted by molar-refractivity contribution is -0.141. The summed E-state index contributed by atoms with van der Waals surface area (Å²) in [4.78, 5) is 28.8. The Morgan fingerprint density at radius 1 is 0.714 bits per heavy atom. The van der Waals surface area contributed by atoms with Gasteiger partial charge in [-0.2, -0.15) is 0 Å². The van der Waals surface area contributed by atoms with E-state index >= 15 is 0 Å². The molecule has 0 amide bonds. The normalized spacial score (nSPS) is 26.2. The Labute approximate surface area is 206 Å². The number of hydrogen-bond donors (Lipinski definition) is 0. The van der Waals surface area contributed by atoms with E-state index in [1.807, 2.05) is 66.8 Å². The van der Waals surface area contributed by atoms with Crippen molar-refractivity contribution in [3.63, 3.8) is 0 Å². The molecule has 0 bridgehead atoms. The second kappa shape index (κ2) is 8.78. The topological polar surface area (TPSA) is 34.1 Å². The minimum atomic E-state index is -0.900. The van der Waals surface area contributed by atoms with Crippen molar-refractivity contribution in [1.82, 2.24) is 0 Å². The summed E-state index contributed by atoms with van der Waals surface area (Å²) in [5.74, 6) is -0.479. The van der Waals surface area contributed by atoms with Crippen LogP contribution < -0.4 is 0 Å². The first-order valence-corrected chi connectivity index (χ1v) is 12.5. The molecule has 0 saturated heterocycles. The molecule has 2 nitrogen and oxygen atoms in total. The van der Waals surface area contributed by atoms with Gasteiger partial charge in [-0.05, 0) is 11.1 Å². The zero-order valence-corrected chi connectivity index (χ0v) is 19.5. The van der Waals surface area contributed by atoms with Crippen LogP contribution in [-0.2, 0) is 16.0 Å². The minimum Gasteiger partial charge on any atom is -0.299 e. The van der Waals surface area contributed by atoms with Crippen molar-refractivity contribution in [2.24, 2.45) is 35.0 Å². The van der Waals surface area contributed by atoms with Crippen LogP contribution in [0.2, 0.25) is 0 Å². The molecule has 35 heavy (non-hydrogen) atoms. The fraction of sp³-hybridized carbons (Fsp3) is 0.212. The van der Waals surface area contributed by atoms with Gasteiger partial charge in [0.1, 0.15) is 5.78 Å². The summed E-state index contributed by atoms with van der Waals surface area (Å²) in [6.07, 6.45) is 33.4. The first-order valence-electron chi connectivity index (χ1n) is 12.5. The molecule has 0 heterocycles. The molecule has 0 radical (unpaired) electrons. The molecule has 0 N–H and O–H groups in total. The van der Waals surface area contributed by atoms with Gasteiger partial charge in [-0.15, -0.1) is 0 Å². The Morgan fingerprint density at radius 2 is 1.26 bits per heavy atom. The van der Waals surface area contributed by atoms with Crippen molar-refractivity contribution in [3.8, 4) is 0 Å². The molecule has 2 unspecified atom stereocenters. The van der Waals surface area contributed by atoms with E-state index < -0.39 is 11.3 Å². The van der Waals surface area contributed by atoms with E-state index in [2.05, 4.69) is 60.8 Å². The van der Waals surface area contributed by atoms with Gasteiger partial charge in [-0.3, -0.25) is 9.59 Å². The van der Waals surface area contributed by atoms with E-state index in [0.29, 0.717) is 6.42 Å². The van der Waals surface area contributed by atoms with Gasteiger partial charge in [0.25, 0.3) is 0 Å². The van der Waals surface area contributed by atoms with Crippen LogP contribution in [0.4, 0.5) is 0 Å². The molecule has 5 aliphatic carbocycles. The lowest BCUT2D eigenvalue weighted by atomic mass is 9.44. The van der Waals surface area contributed by atoms with E-state index in [0.717, 1.165) is 16.7 Å². The predicted octanol–water partition coefficient (Wildman–Crippen LogP) is 6.25. The summed E-state index contributed by atoms with van der Waals surface area (Å²) in [6, 6.07) is 9.90. The molecule has 1 aromatic rings. The molecule has 0 aliphatic heterocycles. The van der Waals surface area contributed by atoms with Gasteiger partial charge in [0.05, 0.1) is 5.41 Å². The number of ketones is 2. The van der Waals surface area contributed by atoms with Crippen molar-refractivity contribution in [3.05, 3.63) is 144 Å². The average Bonchev–Trinajstić information content (AvgIpc) is 3.69. The van der Waals surface area contributed by atoms with Gasteiger partial charge in [-0.1, -0.05) is 128 Å². The molecular weight excluding hydrogens is 428 g/mol. The number of hydrogen-bond acceptors (Lipinski definition) is 2. The molecule has 6 rings (SSSR count). The van der Waals surface area contributed by atoms with Gasteiger partial charge in [0, 0.05) is 41.6 Å². The van der Waals surface area contributed by atoms with Gasteiger partial charge in [-0.25, -0.2) is 0 Å². The standard InChI is InChI=1S/C33H28O2/c34-28(22-23-12-2-1-3-13-23)30(25-16-6-7-17-25)33(27-20-10-11-21-27)31(26-18-8-9-19-26)29(32(33)35)24-14-4-5-15-24/h1-21,24-27,30H,22H2. The lowest BCUT2D eigenvalue weighted by Crippen LogP contribution is -2.59. The molecule has 172 valence electrons. The molecule has 2 heteroatoms. The summed E-state index contributed by atoms with van der Waals surface area (Å²) >= 11 is 0. The molecule has 1 aromatic carbocycles. The summed E-state index contributed by atoms with van der Waals surface area (Å²) in [5, 5.41) is 0. The molecule has 5 aliphatic rings. The Hall–Kier alpha value is -3.78. The number of carbonyl (C=O) groups excluding carboxylic acids is 2. The lowest BCUT2D eigenvalue weighted by Gasteiger charge is -2.55. The van der Waals surface area contributed by atoms with Gasteiger partial charge in [0.2, 0.25) is 0 Å². The van der Waals surface area contributed by atoms with E-state index in [1.54, 1.807) is 0 Å². The highest BCUT2D eigenvalue weighted by Gasteiger charge is 2.65. The monoisotopic (exact) mass is 456 g/mol. The van der Waals surface area contributed by atoms with Crippen molar-refractivity contribution < 1.29 is 9.59 Å². The van der Waals surface area contributed by atoms with Crippen molar-refractivity contribution in [2.45, 2.75) is 6.42 Å². The SMILES string of the molecule is O=C(Cc1ccccc1)C(C1C=CC=C1)C1(C2C=CC=C2)C(=O)C(C2C=CC=C2)=C1C1C=CC=C1. The third-order valence-electron chi connectivity index (χ3n) is 8.01. The zero-order valence-electron chi connectivity index (χ0n) is 19.5. The maximum absolute atomic E-state index is 14.5. The number of benzene rings is 1. The largest absolute Gasteiger partial charge is 0.299 e. The third kappa shape index (κ3) is 3.39. The van der Waals surface area contributed by atoms with Crippen molar-refractivity contribution in [1.29, 1.82) is 0 Å². The van der Waals surface area contributed by atoms with Gasteiger partial charge < -0.3 is 0 Å². The van der Waals surface area contributed by atoms with Crippen LogP contribution in [0.3, 0.4) is 0 Å². The van der Waals surface area contributed by atoms with Crippen LogP contribution in [0.15, 0.2) is 139 Å². The van der Waals surface area contributed by atoms with E-state index in [1.165, 1.54) is 0 Å². The highest BCUT2D eigenvalue weighted by molar-refractivity contribution is 6.15. The fourth-order valence-electron chi connectivity index (χ4n) is 6.60. The van der Waals surface area contributed by atoms with E-state index in [9.17, 15) is 9.59 Å². The highest BCUT2D eigenvalue weighted by Crippen LogP contribution is 2.63. The maximum Gasteiger partial charge on any atom is 0.171 e. The number of carbonyl (C=O) groups is 2. The fourth-order valence-corrected chi connectivity index (χ4v) is 6.60. The molecule has 0 aromatic heterocycles. The zero-order chi connectivity index (χ0) is 23.8. The molecular formula is C33H28O2. The maximum atomic E-state index is 14.5. The van der Waals surface area contributed by atoms with Crippen LogP contribution >= 0.6 is 0 Å². The van der Waals surface area contributed by atoms with Crippen LogP contribution in [0, 0.1) is 35.0 Å². The van der Waals surface area contributed by atoms with Gasteiger partial charge in [0.15, 0.2) is 5.78 Å². The van der Waals surface area contributed by atoms with Crippen molar-refractivity contribution in [2.75, 3.05) is 0 Å². The summed E-state index contributed by atoms with van der Waals surface area (Å²) in [7, 11) is 0. The summed E-state index contributed by atoms with van der Waals surface area (Å²) < 4.78 is 0. The Kier molecular flexibility index (Phi) is 5.45. The third-order valence-corrected chi connectivity index (χ3v) is 8.01. The van der Waals surface area contributed by atoms with E-state index in [4.69, 9.17) is 0 Å². The van der Waals surface area contributed by atoms with E-state index in [-0.39, 0.29) is 35.2 Å². The molecule has 0 spiro atoms. The second-order valence-electron chi connectivity index (χ2n) is 9.87. The summed E-state index contributed by atoms with van der Waals surface area (Å²) in [5.41, 5.74) is 2.08. The highest BCUT2D eigenvalue weighted by atomic mass is 16.1. The smallest absolute Gasteiger partial charge is 0.171 e. The minimum absolute atomic E-state index is 0.0221. The molecule has 2 atom stereocenters. The van der Waals surface area contributed by atoms with Crippen LogP contribution in [0.5, 0.6) is 0 Å². The van der Waals surface area contributed by atoms with Crippen molar-refractivity contribution >= 4 is 11.6 Å².